The van der Waals surface area contributed by atoms with Crippen LogP contribution in [-0.4, -0.2) is 26.7 Å². The van der Waals surface area contributed by atoms with Gasteiger partial charge in [0.1, 0.15) is 4.90 Å². The van der Waals surface area contributed by atoms with Crippen molar-refractivity contribution in [2.45, 2.75) is 11.8 Å². The maximum Gasteiger partial charge on any atom is 0.242 e. The molecule has 0 aliphatic rings. The molecule has 0 aromatic heterocycles. The summed E-state index contributed by atoms with van der Waals surface area (Å²) in [4.78, 5) is 0.0395. The van der Waals surface area contributed by atoms with Gasteiger partial charge in [0.15, 0.2) is 0 Å². The number of hydrogen-bond acceptors (Lipinski definition) is 3. The summed E-state index contributed by atoms with van der Waals surface area (Å²) in [5, 5.41) is 8.75. The van der Waals surface area contributed by atoms with E-state index in [1.807, 2.05) is 0 Å². The van der Waals surface area contributed by atoms with Crippen molar-refractivity contribution in [2.75, 3.05) is 13.2 Å². The molecule has 84 valence electrons. The highest BCUT2D eigenvalue weighted by atomic mass is 35.5. The van der Waals surface area contributed by atoms with Crippen LogP contribution in [0.2, 0.25) is 5.02 Å². The van der Waals surface area contributed by atoms with Crippen molar-refractivity contribution in [1.29, 1.82) is 0 Å². The largest absolute Gasteiger partial charge is 0.395 e. The van der Waals surface area contributed by atoms with Crippen molar-refractivity contribution in [1.82, 2.24) is 4.72 Å². The summed E-state index contributed by atoms with van der Waals surface area (Å²) in [5.74, 6) is 0. The summed E-state index contributed by atoms with van der Waals surface area (Å²) in [5.41, 5.74) is 0.698. The number of sulfonamides is 1. The highest BCUT2D eigenvalue weighted by molar-refractivity contribution is 7.89. The number of benzene rings is 1. The normalized spacial score (nSPS) is 11.7. The summed E-state index contributed by atoms with van der Waals surface area (Å²) in [6, 6.07) is 4.77. The van der Waals surface area contributed by atoms with Gasteiger partial charge in [-0.2, -0.15) is 0 Å². The van der Waals surface area contributed by atoms with Gasteiger partial charge in [0.25, 0.3) is 0 Å². The summed E-state index contributed by atoms with van der Waals surface area (Å²) in [7, 11) is -3.62. The maximum absolute atomic E-state index is 11.7. The number of aryl methyl sites for hydroxylation is 1. The average molecular weight is 250 g/mol. The Hall–Kier alpha value is -0.620. The van der Waals surface area contributed by atoms with E-state index in [-0.39, 0.29) is 23.1 Å². The number of halogens is 1. The molecule has 1 aromatic rings. The monoisotopic (exact) mass is 249 g/mol. The summed E-state index contributed by atoms with van der Waals surface area (Å²) in [6.07, 6.45) is 0. The predicted octanol–water partition coefficient (Wildman–Crippen LogP) is 0.919. The lowest BCUT2D eigenvalue weighted by Gasteiger charge is -2.08. The van der Waals surface area contributed by atoms with Crippen LogP contribution in [0.15, 0.2) is 23.1 Å². The van der Waals surface area contributed by atoms with E-state index in [2.05, 4.69) is 4.72 Å². The fraction of sp³-hybridized carbons (Fsp3) is 0.333. The van der Waals surface area contributed by atoms with Gasteiger partial charge in [-0.3, -0.25) is 0 Å². The van der Waals surface area contributed by atoms with Gasteiger partial charge >= 0.3 is 0 Å². The molecular formula is C9H12ClNO3S. The predicted molar refractivity (Wildman–Crippen MR) is 58.5 cm³/mol. The molecule has 0 heterocycles. The van der Waals surface area contributed by atoms with Gasteiger partial charge in [-0.1, -0.05) is 23.7 Å². The van der Waals surface area contributed by atoms with Gasteiger partial charge in [-0.15, -0.1) is 0 Å². The molecule has 0 saturated heterocycles. The molecule has 0 aliphatic carbocycles. The zero-order valence-electron chi connectivity index (χ0n) is 8.20. The summed E-state index contributed by atoms with van der Waals surface area (Å²) >= 11 is 5.88. The maximum atomic E-state index is 11.7. The zero-order chi connectivity index (χ0) is 11.5. The van der Waals surface area contributed by atoms with Crippen LogP contribution < -0.4 is 4.72 Å². The molecule has 0 bridgehead atoms. The Labute approximate surface area is 93.9 Å². The molecule has 0 aliphatic heterocycles. The van der Waals surface area contributed by atoms with Crippen LogP contribution in [0, 0.1) is 6.92 Å². The molecular weight excluding hydrogens is 238 g/mol. The van der Waals surface area contributed by atoms with Gasteiger partial charge in [-0.25, -0.2) is 13.1 Å². The summed E-state index contributed by atoms with van der Waals surface area (Å²) in [6.45, 7) is 1.46. The average Bonchev–Trinajstić information content (AvgIpc) is 2.19. The molecule has 0 amide bonds. The second-order valence-electron chi connectivity index (χ2n) is 3.01. The van der Waals surface area contributed by atoms with Crippen LogP contribution in [0.4, 0.5) is 0 Å². The fourth-order valence-electron chi connectivity index (χ4n) is 1.09. The van der Waals surface area contributed by atoms with Gasteiger partial charge in [0.2, 0.25) is 10.0 Å². The van der Waals surface area contributed by atoms with Crippen LogP contribution in [0.25, 0.3) is 0 Å². The Balaban J connectivity index is 3.10. The second kappa shape index (κ2) is 4.94. The third-order valence-electron chi connectivity index (χ3n) is 1.85. The van der Waals surface area contributed by atoms with Crippen LogP contribution in [-0.2, 0) is 10.0 Å². The Morgan fingerprint density at radius 2 is 2.13 bits per heavy atom. The highest BCUT2D eigenvalue weighted by Gasteiger charge is 2.17. The lowest BCUT2D eigenvalue weighted by molar-refractivity contribution is 0.301. The zero-order valence-corrected chi connectivity index (χ0v) is 9.77. The molecule has 15 heavy (non-hydrogen) atoms. The summed E-state index contributed by atoms with van der Waals surface area (Å²) < 4.78 is 25.5. The van der Waals surface area contributed by atoms with E-state index >= 15 is 0 Å². The van der Waals surface area contributed by atoms with Crippen molar-refractivity contribution in [3.05, 3.63) is 28.8 Å². The van der Waals surface area contributed by atoms with E-state index in [0.717, 1.165) is 0 Å². The SMILES string of the molecule is Cc1cccc(S(=O)(=O)NCCO)c1Cl. The van der Waals surface area contributed by atoms with Crippen molar-refractivity contribution in [2.24, 2.45) is 0 Å². The third kappa shape index (κ3) is 2.92. The fourth-order valence-corrected chi connectivity index (χ4v) is 2.69. The molecule has 0 radical (unpaired) electrons. The molecule has 6 heteroatoms. The first-order chi connectivity index (χ1) is 6.99. The van der Waals surface area contributed by atoms with E-state index in [0.29, 0.717) is 5.56 Å². The lowest BCUT2D eigenvalue weighted by Crippen LogP contribution is -2.26. The molecule has 0 atom stereocenters. The minimum Gasteiger partial charge on any atom is -0.395 e. The first-order valence-electron chi connectivity index (χ1n) is 4.34. The number of rotatable bonds is 4. The quantitative estimate of drug-likeness (QED) is 0.834. The minimum absolute atomic E-state index is 0.0212. The number of hydrogen-bond donors (Lipinski definition) is 2. The molecule has 1 rings (SSSR count). The van der Waals surface area contributed by atoms with Crippen LogP contribution >= 0.6 is 11.6 Å². The van der Waals surface area contributed by atoms with Crippen LogP contribution in [0.3, 0.4) is 0 Å². The van der Waals surface area contributed by atoms with Gasteiger partial charge in [-0.05, 0) is 18.6 Å². The Morgan fingerprint density at radius 3 is 2.73 bits per heavy atom. The van der Waals surface area contributed by atoms with E-state index in [4.69, 9.17) is 16.7 Å². The molecule has 4 nitrogen and oxygen atoms in total. The van der Waals surface area contributed by atoms with Gasteiger partial charge < -0.3 is 5.11 Å². The van der Waals surface area contributed by atoms with Crippen molar-refractivity contribution in [3.63, 3.8) is 0 Å². The first kappa shape index (κ1) is 12.4. The van der Waals surface area contributed by atoms with E-state index in [1.165, 1.54) is 6.07 Å². The Bertz CT molecular complexity index is 445. The van der Waals surface area contributed by atoms with Gasteiger partial charge in [0.05, 0.1) is 11.6 Å². The first-order valence-corrected chi connectivity index (χ1v) is 6.21. The minimum atomic E-state index is -3.62. The van der Waals surface area contributed by atoms with Gasteiger partial charge in [0, 0.05) is 6.54 Å². The second-order valence-corrected chi connectivity index (χ2v) is 5.12. The molecule has 0 saturated carbocycles. The smallest absolute Gasteiger partial charge is 0.242 e. The van der Waals surface area contributed by atoms with E-state index in [1.54, 1.807) is 19.1 Å². The van der Waals surface area contributed by atoms with Crippen molar-refractivity contribution in [3.8, 4) is 0 Å². The third-order valence-corrected chi connectivity index (χ3v) is 3.97. The van der Waals surface area contributed by atoms with E-state index in [9.17, 15) is 8.42 Å². The standard InChI is InChI=1S/C9H12ClNO3S/c1-7-3-2-4-8(9(7)10)15(13,14)11-5-6-12/h2-4,11-12H,5-6H2,1H3. The molecule has 0 fully saturated rings. The number of aliphatic hydroxyl groups is 1. The molecule has 2 N–H and O–H groups in total. The van der Waals surface area contributed by atoms with Crippen LogP contribution in [0.1, 0.15) is 5.56 Å². The lowest BCUT2D eigenvalue weighted by atomic mass is 10.2. The Morgan fingerprint density at radius 1 is 1.47 bits per heavy atom. The van der Waals surface area contributed by atoms with E-state index < -0.39 is 10.0 Å². The highest BCUT2D eigenvalue weighted by Crippen LogP contribution is 2.24. The number of nitrogens with one attached hydrogen (secondary N) is 1. The van der Waals surface area contributed by atoms with Crippen LogP contribution in [0.5, 0.6) is 0 Å². The Kier molecular flexibility index (Phi) is 4.10. The molecule has 1 aromatic carbocycles. The topological polar surface area (TPSA) is 66.4 Å². The molecule has 0 unspecified atom stereocenters. The number of aliphatic hydroxyl groups excluding tert-OH is 1. The van der Waals surface area contributed by atoms with Crippen molar-refractivity contribution < 1.29 is 13.5 Å². The molecule has 0 spiro atoms. The van der Waals surface area contributed by atoms with Crippen molar-refractivity contribution >= 4 is 21.6 Å².